The molecule has 0 radical (unpaired) electrons. The Balaban J connectivity index is 2.01. The first-order chi connectivity index (χ1) is 8.70. The van der Waals surface area contributed by atoms with Crippen LogP contribution in [0.1, 0.15) is 36.0 Å². The van der Waals surface area contributed by atoms with E-state index in [1.54, 1.807) is 6.07 Å². The number of nitrogens with one attached hydrogen (secondary N) is 2. The third kappa shape index (κ3) is 3.22. The Labute approximate surface area is 114 Å². The fourth-order valence-corrected chi connectivity index (χ4v) is 3.16. The van der Waals surface area contributed by atoms with Gasteiger partial charge in [0.25, 0.3) is 5.91 Å². The summed E-state index contributed by atoms with van der Waals surface area (Å²) in [5, 5.41) is 3.98. The third-order valence-corrected chi connectivity index (χ3v) is 4.30. The van der Waals surface area contributed by atoms with E-state index in [0.717, 1.165) is 18.2 Å². The van der Waals surface area contributed by atoms with E-state index < -0.39 is 0 Å². The van der Waals surface area contributed by atoms with Gasteiger partial charge in [-0.1, -0.05) is 28.8 Å². The number of carbonyl (C=O) groups is 1. The van der Waals surface area contributed by atoms with Crippen LogP contribution in [-0.2, 0) is 0 Å². The van der Waals surface area contributed by atoms with E-state index in [1.165, 1.54) is 25.1 Å². The van der Waals surface area contributed by atoms with Crippen molar-refractivity contribution in [2.45, 2.75) is 31.7 Å². The molecule has 1 aliphatic carbocycles. The fraction of sp³-hybridized carbons (Fsp3) is 0.538. The highest BCUT2D eigenvalue weighted by atomic mass is 79.9. The largest absolute Gasteiger partial charge is 0.349 e. The standard InChI is InChI=1S/C13H17BrN2O2/c14-7-9-3-1-2-4-11(9)16-13(18)10-5-6-12(17)15-8-10/h5-6,8-9,11H,1-4,7H2,(H,15,17)(H,16,18). The average Bonchev–Trinajstić information content (AvgIpc) is 2.40. The van der Waals surface area contributed by atoms with Crippen molar-refractivity contribution in [2.24, 2.45) is 5.92 Å². The summed E-state index contributed by atoms with van der Waals surface area (Å²) in [4.78, 5) is 25.5. The Morgan fingerprint density at radius 2 is 2.17 bits per heavy atom. The quantitative estimate of drug-likeness (QED) is 0.839. The van der Waals surface area contributed by atoms with Gasteiger partial charge in [0.1, 0.15) is 0 Å². The molecule has 5 heteroatoms. The molecule has 1 aromatic heterocycles. The number of aromatic amines is 1. The van der Waals surface area contributed by atoms with Gasteiger partial charge in [-0.05, 0) is 24.8 Å². The normalized spacial score (nSPS) is 23.6. The number of carbonyl (C=O) groups excluding carboxylic acids is 1. The van der Waals surface area contributed by atoms with Crippen LogP contribution in [0, 0.1) is 5.92 Å². The molecule has 1 heterocycles. The number of aromatic nitrogens is 1. The minimum Gasteiger partial charge on any atom is -0.349 e. The van der Waals surface area contributed by atoms with Crippen LogP contribution in [0.3, 0.4) is 0 Å². The van der Waals surface area contributed by atoms with E-state index in [-0.39, 0.29) is 17.5 Å². The highest BCUT2D eigenvalue weighted by molar-refractivity contribution is 9.09. The lowest BCUT2D eigenvalue weighted by atomic mass is 9.86. The Hall–Kier alpha value is -1.10. The van der Waals surface area contributed by atoms with Crippen molar-refractivity contribution in [3.8, 4) is 0 Å². The summed E-state index contributed by atoms with van der Waals surface area (Å²) in [6, 6.07) is 3.16. The molecule has 1 amide bonds. The molecule has 1 saturated carbocycles. The van der Waals surface area contributed by atoms with E-state index in [0.29, 0.717) is 11.5 Å². The van der Waals surface area contributed by atoms with Crippen molar-refractivity contribution < 1.29 is 4.79 Å². The summed E-state index contributed by atoms with van der Waals surface area (Å²) in [6.07, 6.45) is 6.05. The van der Waals surface area contributed by atoms with Gasteiger partial charge in [0.05, 0.1) is 5.56 Å². The van der Waals surface area contributed by atoms with Crippen molar-refractivity contribution in [1.29, 1.82) is 0 Å². The Morgan fingerprint density at radius 1 is 1.39 bits per heavy atom. The molecule has 18 heavy (non-hydrogen) atoms. The first-order valence-electron chi connectivity index (χ1n) is 6.26. The van der Waals surface area contributed by atoms with Crippen LogP contribution in [0.5, 0.6) is 0 Å². The average molecular weight is 313 g/mol. The van der Waals surface area contributed by atoms with Gasteiger partial charge in [-0.3, -0.25) is 9.59 Å². The van der Waals surface area contributed by atoms with Gasteiger partial charge >= 0.3 is 0 Å². The van der Waals surface area contributed by atoms with Crippen molar-refractivity contribution in [2.75, 3.05) is 5.33 Å². The summed E-state index contributed by atoms with van der Waals surface area (Å²) in [5.74, 6) is 0.398. The van der Waals surface area contributed by atoms with Gasteiger partial charge in [0, 0.05) is 23.6 Å². The highest BCUT2D eigenvalue weighted by Crippen LogP contribution is 2.26. The summed E-state index contributed by atoms with van der Waals surface area (Å²) in [7, 11) is 0. The van der Waals surface area contributed by atoms with Crippen LogP contribution in [0.2, 0.25) is 0 Å². The molecule has 1 fully saturated rings. The number of hydrogen-bond acceptors (Lipinski definition) is 2. The molecule has 0 bridgehead atoms. The molecular formula is C13H17BrN2O2. The van der Waals surface area contributed by atoms with Crippen LogP contribution in [0.4, 0.5) is 0 Å². The molecule has 2 atom stereocenters. The first kappa shape index (κ1) is 13.3. The lowest BCUT2D eigenvalue weighted by molar-refractivity contribution is 0.0911. The van der Waals surface area contributed by atoms with Crippen LogP contribution < -0.4 is 10.9 Å². The van der Waals surface area contributed by atoms with Gasteiger partial charge in [-0.15, -0.1) is 0 Å². The van der Waals surface area contributed by atoms with Crippen molar-refractivity contribution in [3.63, 3.8) is 0 Å². The second kappa shape index (κ2) is 6.18. The monoisotopic (exact) mass is 312 g/mol. The number of pyridine rings is 1. The molecule has 2 N–H and O–H groups in total. The van der Waals surface area contributed by atoms with Crippen LogP contribution in [0.15, 0.2) is 23.1 Å². The van der Waals surface area contributed by atoms with Gasteiger partial charge in [0.2, 0.25) is 5.56 Å². The van der Waals surface area contributed by atoms with E-state index >= 15 is 0 Å². The van der Waals surface area contributed by atoms with Crippen LogP contribution in [0.25, 0.3) is 0 Å². The predicted octanol–water partition coefficient (Wildman–Crippen LogP) is 2.06. The third-order valence-electron chi connectivity index (χ3n) is 3.47. The molecule has 0 aliphatic heterocycles. The number of H-pyrrole nitrogens is 1. The SMILES string of the molecule is O=C(NC1CCCCC1CBr)c1ccc(=O)[nH]c1. The first-order valence-corrected chi connectivity index (χ1v) is 7.38. The van der Waals surface area contributed by atoms with Gasteiger partial charge in [-0.2, -0.15) is 0 Å². The molecule has 4 nitrogen and oxygen atoms in total. The maximum absolute atomic E-state index is 12.0. The molecule has 1 aliphatic rings. The second-order valence-corrected chi connectivity index (χ2v) is 5.37. The second-order valence-electron chi connectivity index (χ2n) is 4.72. The number of halogens is 1. The molecular weight excluding hydrogens is 296 g/mol. The number of hydrogen-bond donors (Lipinski definition) is 2. The van der Waals surface area contributed by atoms with Crippen molar-refractivity contribution in [3.05, 3.63) is 34.2 Å². The van der Waals surface area contributed by atoms with Gasteiger partial charge in [0.15, 0.2) is 0 Å². The molecule has 2 rings (SSSR count). The number of rotatable bonds is 3. The zero-order chi connectivity index (χ0) is 13.0. The van der Waals surface area contributed by atoms with Gasteiger partial charge in [-0.25, -0.2) is 0 Å². The van der Waals surface area contributed by atoms with Crippen LogP contribution in [-0.4, -0.2) is 22.3 Å². The lowest BCUT2D eigenvalue weighted by Gasteiger charge is -2.30. The Bertz CT molecular complexity index is 452. The van der Waals surface area contributed by atoms with Crippen molar-refractivity contribution in [1.82, 2.24) is 10.3 Å². The minimum atomic E-state index is -0.192. The Kier molecular flexibility index (Phi) is 4.58. The molecule has 98 valence electrons. The number of alkyl halides is 1. The van der Waals surface area contributed by atoms with Gasteiger partial charge < -0.3 is 10.3 Å². The smallest absolute Gasteiger partial charge is 0.252 e. The van der Waals surface area contributed by atoms with Crippen molar-refractivity contribution >= 4 is 21.8 Å². The van der Waals surface area contributed by atoms with E-state index in [4.69, 9.17) is 0 Å². The summed E-state index contributed by atoms with van der Waals surface area (Å²) in [5.41, 5.74) is 0.316. The minimum absolute atomic E-state index is 0.107. The van der Waals surface area contributed by atoms with Crippen LogP contribution >= 0.6 is 15.9 Å². The van der Waals surface area contributed by atoms with E-state index in [9.17, 15) is 9.59 Å². The zero-order valence-electron chi connectivity index (χ0n) is 10.1. The Morgan fingerprint density at radius 3 is 2.83 bits per heavy atom. The molecule has 0 saturated heterocycles. The maximum Gasteiger partial charge on any atom is 0.252 e. The highest BCUT2D eigenvalue weighted by Gasteiger charge is 2.25. The fourth-order valence-electron chi connectivity index (χ4n) is 2.39. The maximum atomic E-state index is 12.0. The number of amides is 1. The molecule has 2 unspecified atom stereocenters. The zero-order valence-corrected chi connectivity index (χ0v) is 11.7. The summed E-state index contributed by atoms with van der Waals surface area (Å²) in [6.45, 7) is 0. The predicted molar refractivity (Wildman–Crippen MR) is 74.1 cm³/mol. The molecule has 0 aromatic carbocycles. The van der Waals surface area contributed by atoms with E-state index in [1.807, 2.05) is 0 Å². The molecule has 0 spiro atoms. The van der Waals surface area contributed by atoms with E-state index in [2.05, 4.69) is 26.2 Å². The summed E-state index contributed by atoms with van der Waals surface area (Å²) < 4.78 is 0. The molecule has 1 aromatic rings. The topological polar surface area (TPSA) is 62.0 Å². The summed E-state index contributed by atoms with van der Waals surface area (Å²) >= 11 is 3.51. The lowest BCUT2D eigenvalue weighted by Crippen LogP contribution is -2.42.